The molecule has 2 nitrogen and oxygen atoms in total. The molecule has 0 unspecified atom stereocenters. The van der Waals surface area contributed by atoms with Gasteiger partial charge in [-0.05, 0) is 26.0 Å². The zero-order chi connectivity index (χ0) is 9.14. The third kappa shape index (κ3) is 2.20. The van der Waals surface area contributed by atoms with Crippen LogP contribution in [0.5, 0.6) is 0 Å². The van der Waals surface area contributed by atoms with Gasteiger partial charge in [0.2, 0.25) is 0 Å². The van der Waals surface area contributed by atoms with Crippen LogP contribution in [0.3, 0.4) is 0 Å². The van der Waals surface area contributed by atoms with Crippen LogP contribution in [0.1, 0.15) is 21.5 Å². The van der Waals surface area contributed by atoms with Gasteiger partial charge in [0, 0.05) is 0 Å². The Bertz CT molecular complexity index is 287. The number of halogens is 1. The molecule has 0 saturated heterocycles. The Kier molecular flexibility index (Phi) is 3.08. The first-order valence-electron chi connectivity index (χ1n) is 3.54. The highest BCUT2D eigenvalue weighted by Crippen LogP contribution is 2.10. The van der Waals surface area contributed by atoms with Gasteiger partial charge in [0.25, 0.3) is 0 Å². The van der Waals surface area contributed by atoms with E-state index in [1.54, 1.807) is 23.0 Å². The van der Waals surface area contributed by atoms with Crippen LogP contribution >= 0.6 is 23.0 Å². The van der Waals surface area contributed by atoms with E-state index in [4.69, 9.17) is 0 Å². The molecule has 0 spiro atoms. The molecule has 1 aromatic carbocycles. The highest BCUT2D eigenvalue weighted by atomic mass is 127. The normalized spacial score (nSPS) is 9.58. The molecule has 0 aromatic heterocycles. The van der Waals surface area contributed by atoms with Crippen LogP contribution in [0.2, 0.25) is 0 Å². The first-order chi connectivity index (χ1) is 5.63. The molecule has 0 N–H and O–H groups in total. The Labute approximate surface area is 85.6 Å². The quantitative estimate of drug-likeness (QED) is 0.737. The van der Waals surface area contributed by atoms with Crippen molar-refractivity contribution < 1.29 is 7.86 Å². The van der Waals surface area contributed by atoms with Crippen molar-refractivity contribution in [3.8, 4) is 0 Å². The van der Waals surface area contributed by atoms with E-state index in [1.807, 2.05) is 32.0 Å². The Morgan fingerprint density at radius 2 is 1.75 bits per heavy atom. The topological polar surface area (TPSA) is 26.3 Å². The highest BCUT2D eigenvalue weighted by molar-refractivity contribution is 14.1. The van der Waals surface area contributed by atoms with Crippen LogP contribution in [-0.4, -0.2) is 5.97 Å². The summed E-state index contributed by atoms with van der Waals surface area (Å²) in [6, 6.07) is 5.64. The second-order valence-electron chi connectivity index (χ2n) is 2.74. The Balaban J connectivity index is 3.08. The van der Waals surface area contributed by atoms with Crippen LogP contribution in [0.25, 0.3) is 0 Å². The summed E-state index contributed by atoms with van der Waals surface area (Å²) in [6.07, 6.45) is 0. The van der Waals surface area contributed by atoms with Gasteiger partial charge in [0.05, 0.1) is 5.56 Å². The van der Waals surface area contributed by atoms with Gasteiger partial charge in [-0.25, -0.2) is 4.79 Å². The molecule has 0 saturated carbocycles. The summed E-state index contributed by atoms with van der Waals surface area (Å²) in [5.41, 5.74) is 2.76. The second kappa shape index (κ2) is 3.89. The van der Waals surface area contributed by atoms with Crippen molar-refractivity contribution in [1.29, 1.82) is 0 Å². The minimum absolute atomic E-state index is 0.289. The summed E-state index contributed by atoms with van der Waals surface area (Å²) in [7, 11) is 0. The summed E-state index contributed by atoms with van der Waals surface area (Å²) >= 11 is 1.59. The molecule has 1 aromatic rings. The van der Waals surface area contributed by atoms with Crippen molar-refractivity contribution >= 4 is 29.0 Å². The molecule has 0 aliphatic rings. The molecule has 0 radical (unpaired) electrons. The molecule has 0 bridgehead atoms. The van der Waals surface area contributed by atoms with Gasteiger partial charge < -0.3 is 3.07 Å². The lowest BCUT2D eigenvalue weighted by Crippen LogP contribution is -1.98. The summed E-state index contributed by atoms with van der Waals surface area (Å²) in [4.78, 5) is 11.1. The first-order valence-corrected chi connectivity index (χ1v) is 4.43. The number of hydrogen-bond donors (Lipinski definition) is 0. The molecule has 0 aliphatic carbocycles. The summed E-state index contributed by atoms with van der Waals surface area (Å²) < 4.78 is 4.58. The van der Waals surface area contributed by atoms with Crippen molar-refractivity contribution in [3.05, 3.63) is 34.9 Å². The van der Waals surface area contributed by atoms with Gasteiger partial charge in [-0.2, -0.15) is 0 Å². The fraction of sp³-hybridized carbons (Fsp3) is 0.222. The lowest BCUT2D eigenvalue weighted by molar-refractivity contribution is 0.0800. The highest BCUT2D eigenvalue weighted by Gasteiger charge is 2.05. The van der Waals surface area contributed by atoms with Gasteiger partial charge in [-0.15, -0.1) is 0 Å². The van der Waals surface area contributed by atoms with Gasteiger partial charge in [0.15, 0.2) is 23.0 Å². The van der Waals surface area contributed by atoms with Crippen molar-refractivity contribution in [3.63, 3.8) is 0 Å². The van der Waals surface area contributed by atoms with Gasteiger partial charge in [-0.1, -0.05) is 17.2 Å². The largest absolute Gasteiger partial charge is 0.391 e. The number of benzene rings is 1. The number of aryl methyl sites for hydroxylation is 2. The van der Waals surface area contributed by atoms with Gasteiger partial charge in [0.1, 0.15) is 0 Å². The van der Waals surface area contributed by atoms with E-state index < -0.39 is 0 Å². The smallest absolute Gasteiger partial charge is 0.347 e. The minimum atomic E-state index is -0.289. The number of rotatable bonds is 1. The first kappa shape index (κ1) is 9.51. The van der Waals surface area contributed by atoms with E-state index in [1.165, 1.54) is 0 Å². The Hall–Kier alpha value is -0.580. The Morgan fingerprint density at radius 1 is 1.25 bits per heavy atom. The van der Waals surface area contributed by atoms with Crippen molar-refractivity contribution in [2.45, 2.75) is 13.8 Å². The van der Waals surface area contributed by atoms with Crippen LogP contribution in [-0.2, 0) is 3.07 Å². The number of carbonyl (C=O) groups is 1. The standard InChI is InChI=1S/C9H9IO2/c1-6-3-7(2)5-8(4-6)9(11)12-10/h3-5H,1-2H3. The molecular formula is C9H9IO2. The fourth-order valence-electron chi connectivity index (χ4n) is 1.14. The van der Waals surface area contributed by atoms with E-state index in [0.29, 0.717) is 5.56 Å². The third-order valence-electron chi connectivity index (χ3n) is 1.53. The van der Waals surface area contributed by atoms with Crippen LogP contribution < -0.4 is 0 Å². The molecule has 64 valence electrons. The number of hydrogen-bond acceptors (Lipinski definition) is 2. The van der Waals surface area contributed by atoms with Gasteiger partial charge >= 0.3 is 5.97 Å². The average molecular weight is 276 g/mol. The maximum atomic E-state index is 11.1. The zero-order valence-electron chi connectivity index (χ0n) is 6.93. The second-order valence-corrected chi connectivity index (χ2v) is 3.18. The lowest BCUT2D eigenvalue weighted by atomic mass is 10.1. The predicted octanol–water partition coefficient (Wildman–Crippen LogP) is 2.81. The summed E-state index contributed by atoms with van der Waals surface area (Å²) in [5, 5.41) is 0. The number of carbonyl (C=O) groups excluding carboxylic acids is 1. The third-order valence-corrected chi connectivity index (χ3v) is 1.93. The maximum absolute atomic E-state index is 11.1. The maximum Gasteiger partial charge on any atom is 0.347 e. The molecule has 0 aliphatic heterocycles. The summed E-state index contributed by atoms with van der Waals surface area (Å²) in [6.45, 7) is 3.91. The molecule has 3 heteroatoms. The van der Waals surface area contributed by atoms with Gasteiger partial charge in [-0.3, -0.25) is 0 Å². The van der Waals surface area contributed by atoms with Crippen molar-refractivity contribution in [2.75, 3.05) is 0 Å². The lowest BCUT2D eigenvalue weighted by Gasteiger charge is -2.00. The molecule has 1 rings (SSSR count). The molecule has 0 atom stereocenters. The zero-order valence-corrected chi connectivity index (χ0v) is 9.08. The predicted molar refractivity (Wildman–Crippen MR) is 55.4 cm³/mol. The van der Waals surface area contributed by atoms with Crippen LogP contribution in [0.4, 0.5) is 0 Å². The van der Waals surface area contributed by atoms with Crippen LogP contribution in [0, 0.1) is 13.8 Å². The molecule has 0 fully saturated rings. The van der Waals surface area contributed by atoms with E-state index in [-0.39, 0.29) is 5.97 Å². The van der Waals surface area contributed by atoms with Crippen molar-refractivity contribution in [2.24, 2.45) is 0 Å². The summed E-state index contributed by atoms with van der Waals surface area (Å²) in [5.74, 6) is -0.289. The van der Waals surface area contributed by atoms with E-state index >= 15 is 0 Å². The minimum Gasteiger partial charge on any atom is -0.391 e. The molecule has 12 heavy (non-hydrogen) atoms. The van der Waals surface area contributed by atoms with Crippen molar-refractivity contribution in [1.82, 2.24) is 0 Å². The SMILES string of the molecule is Cc1cc(C)cc(C(=O)OI)c1. The monoisotopic (exact) mass is 276 g/mol. The molecular weight excluding hydrogens is 267 g/mol. The molecule has 0 heterocycles. The molecule has 0 amide bonds. The van der Waals surface area contributed by atoms with E-state index in [2.05, 4.69) is 3.07 Å². The fourth-order valence-corrected chi connectivity index (χ4v) is 1.39. The average Bonchev–Trinajstić information content (AvgIpc) is 2.01. The van der Waals surface area contributed by atoms with E-state index in [0.717, 1.165) is 11.1 Å². The Morgan fingerprint density at radius 3 is 2.17 bits per heavy atom. The van der Waals surface area contributed by atoms with E-state index in [9.17, 15) is 4.79 Å². The van der Waals surface area contributed by atoms with Crippen LogP contribution in [0.15, 0.2) is 18.2 Å².